The van der Waals surface area contributed by atoms with Gasteiger partial charge in [0.05, 0.1) is 22.8 Å². The number of amides is 1. The molecule has 0 bridgehead atoms. The third-order valence-electron chi connectivity index (χ3n) is 3.76. The molecule has 8 heteroatoms. The highest BCUT2D eigenvalue weighted by molar-refractivity contribution is 5.84. The summed E-state index contributed by atoms with van der Waals surface area (Å²) in [7, 11) is 0. The van der Waals surface area contributed by atoms with Crippen LogP contribution in [0, 0.1) is 6.92 Å². The van der Waals surface area contributed by atoms with E-state index in [1.807, 2.05) is 24.3 Å². The number of carbonyl (C=O) groups excluding carboxylic acids is 1. The molecule has 1 heterocycles. The Morgan fingerprint density at radius 2 is 2.00 bits per heavy atom. The SMILES string of the molecule is Cc1nc2ccccc2n1CC(=O)N/N=C\c1cccc(C(F)(F)F)c1. The maximum atomic E-state index is 12.7. The van der Waals surface area contributed by atoms with Gasteiger partial charge < -0.3 is 4.57 Å². The van der Waals surface area contributed by atoms with Crippen LogP contribution >= 0.6 is 0 Å². The molecule has 2 aromatic carbocycles. The normalized spacial score (nSPS) is 12.0. The molecule has 0 aliphatic carbocycles. The van der Waals surface area contributed by atoms with Crippen molar-refractivity contribution in [1.82, 2.24) is 15.0 Å². The zero-order valence-corrected chi connectivity index (χ0v) is 13.8. The molecular formula is C18H15F3N4O. The summed E-state index contributed by atoms with van der Waals surface area (Å²) >= 11 is 0. The summed E-state index contributed by atoms with van der Waals surface area (Å²) in [5.74, 6) is 0.280. The van der Waals surface area contributed by atoms with Gasteiger partial charge in [-0.1, -0.05) is 24.3 Å². The number of halogens is 3. The molecule has 0 radical (unpaired) electrons. The van der Waals surface area contributed by atoms with Crippen LogP contribution in [-0.4, -0.2) is 21.7 Å². The molecule has 0 fully saturated rings. The Kier molecular flexibility index (Phi) is 4.75. The van der Waals surface area contributed by atoms with Crippen LogP contribution in [-0.2, 0) is 17.5 Å². The minimum atomic E-state index is -4.42. The van der Waals surface area contributed by atoms with Gasteiger partial charge in [-0.3, -0.25) is 4.79 Å². The highest BCUT2D eigenvalue weighted by Crippen LogP contribution is 2.29. The van der Waals surface area contributed by atoms with Gasteiger partial charge in [-0.05, 0) is 36.8 Å². The molecule has 0 saturated carbocycles. The zero-order chi connectivity index (χ0) is 18.7. The van der Waals surface area contributed by atoms with Gasteiger partial charge in [0.15, 0.2) is 0 Å². The topological polar surface area (TPSA) is 59.3 Å². The van der Waals surface area contributed by atoms with E-state index in [9.17, 15) is 18.0 Å². The summed E-state index contributed by atoms with van der Waals surface area (Å²) in [5.41, 5.74) is 3.39. The average Bonchev–Trinajstić information content (AvgIpc) is 2.90. The molecular weight excluding hydrogens is 345 g/mol. The van der Waals surface area contributed by atoms with Crippen molar-refractivity contribution in [3.05, 3.63) is 65.5 Å². The largest absolute Gasteiger partial charge is 0.416 e. The highest BCUT2D eigenvalue weighted by Gasteiger charge is 2.30. The predicted molar refractivity (Wildman–Crippen MR) is 91.7 cm³/mol. The Labute approximate surface area is 147 Å². The van der Waals surface area contributed by atoms with Crippen molar-refractivity contribution in [2.24, 2.45) is 5.10 Å². The molecule has 1 aromatic heterocycles. The summed E-state index contributed by atoms with van der Waals surface area (Å²) in [6.07, 6.45) is -3.25. The van der Waals surface area contributed by atoms with E-state index >= 15 is 0 Å². The first kappa shape index (κ1) is 17.7. The number of aryl methyl sites for hydroxylation is 1. The van der Waals surface area contributed by atoms with E-state index in [0.717, 1.165) is 23.2 Å². The minimum Gasteiger partial charge on any atom is -0.319 e. The fraction of sp³-hybridized carbons (Fsp3) is 0.167. The van der Waals surface area contributed by atoms with Gasteiger partial charge >= 0.3 is 6.18 Å². The van der Waals surface area contributed by atoms with Crippen LogP contribution in [0.3, 0.4) is 0 Å². The summed E-state index contributed by atoms with van der Waals surface area (Å²) < 4.78 is 39.8. The minimum absolute atomic E-state index is 0.00623. The van der Waals surface area contributed by atoms with Crippen LogP contribution in [0.25, 0.3) is 11.0 Å². The number of hydrazone groups is 1. The molecule has 0 unspecified atom stereocenters. The Balaban J connectivity index is 1.67. The third kappa shape index (κ3) is 3.90. The molecule has 3 aromatic rings. The summed E-state index contributed by atoms with van der Waals surface area (Å²) in [6, 6.07) is 12.1. The average molecular weight is 360 g/mol. The van der Waals surface area contributed by atoms with Crippen LogP contribution in [0.2, 0.25) is 0 Å². The number of alkyl halides is 3. The lowest BCUT2D eigenvalue weighted by Crippen LogP contribution is -2.23. The maximum absolute atomic E-state index is 12.7. The number of imidazole rings is 1. The van der Waals surface area contributed by atoms with Crippen molar-refractivity contribution in [3.8, 4) is 0 Å². The second-order valence-corrected chi connectivity index (χ2v) is 5.65. The second kappa shape index (κ2) is 6.99. The highest BCUT2D eigenvalue weighted by atomic mass is 19.4. The molecule has 1 N–H and O–H groups in total. The lowest BCUT2D eigenvalue weighted by atomic mass is 10.1. The number of rotatable bonds is 4. The van der Waals surface area contributed by atoms with Gasteiger partial charge in [0.2, 0.25) is 0 Å². The maximum Gasteiger partial charge on any atom is 0.416 e. The van der Waals surface area contributed by atoms with E-state index in [-0.39, 0.29) is 12.1 Å². The lowest BCUT2D eigenvalue weighted by Gasteiger charge is -2.07. The van der Waals surface area contributed by atoms with Gasteiger partial charge in [0.1, 0.15) is 12.4 Å². The van der Waals surface area contributed by atoms with Crippen LogP contribution in [0.5, 0.6) is 0 Å². The van der Waals surface area contributed by atoms with Crippen LogP contribution in [0.4, 0.5) is 13.2 Å². The van der Waals surface area contributed by atoms with E-state index < -0.39 is 17.6 Å². The van der Waals surface area contributed by atoms with Gasteiger partial charge in [0.25, 0.3) is 5.91 Å². The lowest BCUT2D eigenvalue weighted by molar-refractivity contribution is -0.137. The molecule has 0 atom stereocenters. The molecule has 3 rings (SSSR count). The summed E-state index contributed by atoms with van der Waals surface area (Å²) in [5, 5.41) is 3.73. The second-order valence-electron chi connectivity index (χ2n) is 5.65. The first-order valence-corrected chi connectivity index (χ1v) is 7.75. The van der Waals surface area contributed by atoms with Crippen LogP contribution in [0.15, 0.2) is 53.6 Å². The van der Waals surface area contributed by atoms with Gasteiger partial charge in [0, 0.05) is 0 Å². The number of hydrogen-bond donors (Lipinski definition) is 1. The van der Waals surface area contributed by atoms with Crippen LogP contribution in [0.1, 0.15) is 17.0 Å². The number of para-hydroxylation sites is 2. The predicted octanol–water partition coefficient (Wildman–Crippen LogP) is 3.51. The van der Waals surface area contributed by atoms with Gasteiger partial charge in [-0.2, -0.15) is 18.3 Å². The number of hydrogen-bond acceptors (Lipinski definition) is 3. The number of fused-ring (bicyclic) bond motifs is 1. The summed E-state index contributed by atoms with van der Waals surface area (Å²) in [6.45, 7) is 1.80. The monoisotopic (exact) mass is 360 g/mol. The molecule has 26 heavy (non-hydrogen) atoms. The van der Waals surface area contributed by atoms with Crippen molar-refractivity contribution >= 4 is 23.2 Å². The molecule has 5 nitrogen and oxygen atoms in total. The van der Waals surface area contributed by atoms with E-state index in [4.69, 9.17) is 0 Å². The van der Waals surface area contributed by atoms with E-state index in [0.29, 0.717) is 5.82 Å². The van der Waals surface area contributed by atoms with Crippen LogP contribution < -0.4 is 5.43 Å². The Hall–Kier alpha value is -3.16. The standard InChI is InChI=1S/C18H15F3N4O/c1-12-23-15-7-2-3-8-16(15)25(12)11-17(26)24-22-10-13-5-4-6-14(9-13)18(19,20)21/h2-10H,11H2,1H3,(H,24,26)/b22-10-. The van der Waals surface area contributed by atoms with E-state index in [1.165, 1.54) is 18.3 Å². The molecule has 1 amide bonds. The number of carbonyl (C=O) groups is 1. The Morgan fingerprint density at radius 3 is 2.77 bits per heavy atom. The van der Waals surface area contributed by atoms with Crippen molar-refractivity contribution < 1.29 is 18.0 Å². The van der Waals surface area contributed by atoms with Gasteiger partial charge in [-0.15, -0.1) is 0 Å². The number of nitrogens with one attached hydrogen (secondary N) is 1. The number of benzene rings is 2. The molecule has 0 spiro atoms. The van der Waals surface area contributed by atoms with Crippen molar-refractivity contribution in [3.63, 3.8) is 0 Å². The van der Waals surface area contributed by atoms with E-state index in [1.54, 1.807) is 11.5 Å². The number of aromatic nitrogens is 2. The van der Waals surface area contributed by atoms with E-state index in [2.05, 4.69) is 15.5 Å². The molecule has 134 valence electrons. The molecule has 0 aliphatic heterocycles. The quantitative estimate of drug-likeness (QED) is 0.572. The summed E-state index contributed by atoms with van der Waals surface area (Å²) in [4.78, 5) is 16.4. The fourth-order valence-electron chi connectivity index (χ4n) is 2.55. The smallest absolute Gasteiger partial charge is 0.319 e. The molecule has 0 saturated heterocycles. The molecule has 0 aliphatic rings. The number of nitrogens with zero attached hydrogens (tertiary/aromatic N) is 3. The fourth-order valence-corrected chi connectivity index (χ4v) is 2.55. The van der Waals surface area contributed by atoms with Crippen molar-refractivity contribution in [2.75, 3.05) is 0 Å². The first-order chi connectivity index (χ1) is 12.3. The zero-order valence-electron chi connectivity index (χ0n) is 13.8. The Morgan fingerprint density at radius 1 is 1.23 bits per heavy atom. The van der Waals surface area contributed by atoms with Crippen molar-refractivity contribution in [2.45, 2.75) is 19.6 Å². The third-order valence-corrected chi connectivity index (χ3v) is 3.76. The Bertz CT molecular complexity index is 976. The first-order valence-electron chi connectivity index (χ1n) is 7.75. The van der Waals surface area contributed by atoms with Gasteiger partial charge in [-0.25, -0.2) is 10.4 Å². The van der Waals surface area contributed by atoms with Crippen molar-refractivity contribution in [1.29, 1.82) is 0 Å².